The predicted molar refractivity (Wildman–Crippen MR) is 109 cm³/mol. The SMILES string of the molecule is Cc1cccc(NC(=S)Nc2cnn(Cc3c(Cl)cccc3Cl)c2)c1. The summed E-state index contributed by atoms with van der Waals surface area (Å²) >= 11 is 17.7. The van der Waals surface area contributed by atoms with Crippen LogP contribution in [0.3, 0.4) is 0 Å². The molecule has 2 N–H and O–H groups in total. The van der Waals surface area contributed by atoms with E-state index in [9.17, 15) is 0 Å². The number of thiocarbonyl (C=S) groups is 1. The molecule has 1 aromatic heterocycles. The van der Waals surface area contributed by atoms with E-state index in [4.69, 9.17) is 35.4 Å². The highest BCUT2D eigenvalue weighted by atomic mass is 35.5. The summed E-state index contributed by atoms with van der Waals surface area (Å²) in [6.45, 7) is 2.52. The minimum absolute atomic E-state index is 0.484. The Labute approximate surface area is 161 Å². The first-order valence-electron chi connectivity index (χ1n) is 7.61. The summed E-state index contributed by atoms with van der Waals surface area (Å²) in [6.07, 6.45) is 3.55. The Morgan fingerprint density at radius 2 is 1.76 bits per heavy atom. The lowest BCUT2D eigenvalue weighted by Crippen LogP contribution is -2.18. The third kappa shape index (κ3) is 4.72. The van der Waals surface area contributed by atoms with Crippen molar-refractivity contribution in [3.8, 4) is 0 Å². The highest BCUT2D eigenvalue weighted by molar-refractivity contribution is 7.80. The van der Waals surface area contributed by atoms with Gasteiger partial charge in [-0.25, -0.2) is 0 Å². The molecule has 128 valence electrons. The normalized spacial score (nSPS) is 10.5. The maximum Gasteiger partial charge on any atom is 0.175 e. The molecule has 7 heteroatoms. The summed E-state index contributed by atoms with van der Waals surface area (Å²) in [5, 5.41) is 12.3. The number of benzene rings is 2. The Balaban J connectivity index is 1.64. The molecule has 1 heterocycles. The zero-order chi connectivity index (χ0) is 17.8. The van der Waals surface area contributed by atoms with Crippen LogP contribution in [0.5, 0.6) is 0 Å². The van der Waals surface area contributed by atoms with Crippen LogP contribution in [0.25, 0.3) is 0 Å². The summed E-state index contributed by atoms with van der Waals surface area (Å²) in [4.78, 5) is 0. The van der Waals surface area contributed by atoms with Gasteiger partial charge in [0.25, 0.3) is 0 Å². The molecule has 0 fully saturated rings. The van der Waals surface area contributed by atoms with Crippen molar-refractivity contribution < 1.29 is 0 Å². The van der Waals surface area contributed by atoms with Gasteiger partial charge in [-0.15, -0.1) is 0 Å². The zero-order valence-corrected chi connectivity index (χ0v) is 15.8. The number of hydrogen-bond donors (Lipinski definition) is 2. The van der Waals surface area contributed by atoms with Crippen molar-refractivity contribution in [2.45, 2.75) is 13.5 Å². The molecule has 0 saturated carbocycles. The fraction of sp³-hybridized carbons (Fsp3) is 0.111. The van der Waals surface area contributed by atoms with Crippen LogP contribution in [0, 0.1) is 6.92 Å². The number of rotatable bonds is 4. The van der Waals surface area contributed by atoms with Crippen LogP contribution >= 0.6 is 35.4 Å². The highest BCUT2D eigenvalue weighted by Crippen LogP contribution is 2.25. The van der Waals surface area contributed by atoms with Gasteiger partial charge < -0.3 is 10.6 Å². The Hall–Kier alpha value is -2.08. The van der Waals surface area contributed by atoms with E-state index in [1.807, 2.05) is 55.6 Å². The highest BCUT2D eigenvalue weighted by Gasteiger charge is 2.08. The van der Waals surface area contributed by atoms with Gasteiger partial charge in [0.1, 0.15) is 0 Å². The van der Waals surface area contributed by atoms with Crippen LogP contribution in [0.2, 0.25) is 10.0 Å². The van der Waals surface area contributed by atoms with E-state index in [0.29, 0.717) is 21.7 Å². The number of hydrogen-bond acceptors (Lipinski definition) is 2. The van der Waals surface area contributed by atoms with Crippen LogP contribution in [0.15, 0.2) is 54.9 Å². The molecule has 0 radical (unpaired) electrons. The predicted octanol–water partition coefficient (Wildman–Crippen LogP) is 5.36. The second-order valence-electron chi connectivity index (χ2n) is 5.58. The van der Waals surface area contributed by atoms with Crippen molar-refractivity contribution in [2.24, 2.45) is 0 Å². The molecular weight excluding hydrogens is 375 g/mol. The lowest BCUT2D eigenvalue weighted by Gasteiger charge is -2.09. The van der Waals surface area contributed by atoms with Gasteiger partial charge >= 0.3 is 0 Å². The van der Waals surface area contributed by atoms with Crippen molar-refractivity contribution in [2.75, 3.05) is 10.6 Å². The van der Waals surface area contributed by atoms with Crippen LogP contribution < -0.4 is 10.6 Å². The van der Waals surface area contributed by atoms with Gasteiger partial charge in [0.15, 0.2) is 5.11 Å². The average Bonchev–Trinajstić information content (AvgIpc) is 2.98. The summed E-state index contributed by atoms with van der Waals surface area (Å²) in [7, 11) is 0. The minimum Gasteiger partial charge on any atom is -0.332 e. The molecule has 25 heavy (non-hydrogen) atoms. The largest absolute Gasteiger partial charge is 0.332 e. The average molecular weight is 391 g/mol. The van der Waals surface area contributed by atoms with Gasteiger partial charge in [-0.2, -0.15) is 5.10 Å². The number of anilines is 2. The van der Waals surface area contributed by atoms with Crippen molar-refractivity contribution in [1.29, 1.82) is 0 Å². The molecule has 0 amide bonds. The van der Waals surface area contributed by atoms with Crippen molar-refractivity contribution >= 4 is 51.9 Å². The lowest BCUT2D eigenvalue weighted by atomic mass is 10.2. The lowest BCUT2D eigenvalue weighted by molar-refractivity contribution is 0.687. The first kappa shape index (κ1) is 17.7. The number of aromatic nitrogens is 2. The summed E-state index contributed by atoms with van der Waals surface area (Å²) in [5.41, 5.74) is 3.72. The second kappa shape index (κ2) is 7.87. The molecule has 0 aliphatic heterocycles. The van der Waals surface area contributed by atoms with E-state index in [-0.39, 0.29) is 0 Å². The first-order valence-corrected chi connectivity index (χ1v) is 8.78. The first-order chi connectivity index (χ1) is 12.0. The van der Waals surface area contributed by atoms with E-state index in [1.54, 1.807) is 10.9 Å². The van der Waals surface area contributed by atoms with E-state index in [1.165, 1.54) is 0 Å². The number of halogens is 2. The van der Waals surface area contributed by atoms with Crippen LogP contribution in [0.1, 0.15) is 11.1 Å². The number of aryl methyl sites for hydroxylation is 1. The molecule has 3 aromatic rings. The monoisotopic (exact) mass is 390 g/mol. The Bertz CT molecular complexity index is 887. The van der Waals surface area contributed by atoms with Gasteiger partial charge in [-0.3, -0.25) is 4.68 Å². The van der Waals surface area contributed by atoms with Gasteiger partial charge in [0.05, 0.1) is 18.4 Å². The third-order valence-electron chi connectivity index (χ3n) is 3.55. The molecule has 4 nitrogen and oxygen atoms in total. The molecule has 3 rings (SSSR count). The molecule has 0 aliphatic rings. The van der Waals surface area contributed by atoms with E-state index < -0.39 is 0 Å². The summed E-state index contributed by atoms with van der Waals surface area (Å²) in [5.74, 6) is 0. The fourth-order valence-electron chi connectivity index (χ4n) is 2.38. The second-order valence-corrected chi connectivity index (χ2v) is 6.80. The van der Waals surface area contributed by atoms with Gasteiger partial charge in [-0.1, -0.05) is 41.4 Å². The van der Waals surface area contributed by atoms with Crippen LogP contribution in [-0.2, 0) is 6.54 Å². The van der Waals surface area contributed by atoms with Crippen molar-refractivity contribution in [1.82, 2.24) is 9.78 Å². The topological polar surface area (TPSA) is 41.9 Å². The Morgan fingerprint density at radius 1 is 1.08 bits per heavy atom. The van der Waals surface area contributed by atoms with E-state index in [0.717, 1.165) is 22.5 Å². The van der Waals surface area contributed by atoms with Crippen molar-refractivity contribution in [3.05, 3.63) is 76.0 Å². The molecule has 0 aliphatic carbocycles. The smallest absolute Gasteiger partial charge is 0.175 e. The molecule has 0 spiro atoms. The van der Waals surface area contributed by atoms with Gasteiger partial charge in [-0.05, 0) is 49.0 Å². The number of nitrogens with one attached hydrogen (secondary N) is 2. The maximum absolute atomic E-state index is 6.20. The summed E-state index contributed by atoms with van der Waals surface area (Å²) in [6, 6.07) is 13.4. The van der Waals surface area contributed by atoms with E-state index in [2.05, 4.69) is 15.7 Å². The quantitative estimate of drug-likeness (QED) is 0.588. The van der Waals surface area contributed by atoms with Crippen LogP contribution in [0.4, 0.5) is 11.4 Å². The molecule has 0 bridgehead atoms. The third-order valence-corrected chi connectivity index (χ3v) is 4.46. The molecule has 2 aromatic carbocycles. The van der Waals surface area contributed by atoms with Crippen LogP contribution in [-0.4, -0.2) is 14.9 Å². The Morgan fingerprint density at radius 3 is 2.48 bits per heavy atom. The molecule has 0 atom stereocenters. The van der Waals surface area contributed by atoms with E-state index >= 15 is 0 Å². The zero-order valence-electron chi connectivity index (χ0n) is 13.5. The Kier molecular flexibility index (Phi) is 5.58. The maximum atomic E-state index is 6.20. The fourth-order valence-corrected chi connectivity index (χ4v) is 3.13. The molecular formula is C18H16Cl2N4S. The van der Waals surface area contributed by atoms with Crippen molar-refractivity contribution in [3.63, 3.8) is 0 Å². The van der Waals surface area contributed by atoms with Gasteiger partial charge in [0.2, 0.25) is 0 Å². The summed E-state index contributed by atoms with van der Waals surface area (Å²) < 4.78 is 1.75. The van der Waals surface area contributed by atoms with Gasteiger partial charge in [0, 0.05) is 27.5 Å². The molecule has 0 unspecified atom stereocenters. The number of nitrogens with zero attached hydrogens (tertiary/aromatic N) is 2. The molecule has 0 saturated heterocycles. The minimum atomic E-state index is 0.484. The standard InChI is InChI=1S/C18H16Cl2N4S/c1-12-4-2-5-13(8-12)22-18(25)23-14-9-21-24(10-14)11-15-16(19)6-3-7-17(15)20/h2-10H,11H2,1H3,(H2,22,23,25).